The summed E-state index contributed by atoms with van der Waals surface area (Å²) in [7, 11) is 1.64. The quantitative estimate of drug-likeness (QED) is 0.792. The Morgan fingerprint density at radius 3 is 2.89 bits per heavy atom. The Balaban J connectivity index is 1.84. The summed E-state index contributed by atoms with van der Waals surface area (Å²) >= 11 is 0. The minimum atomic E-state index is -0.103. The SMILES string of the molecule is COc1cc2c(COC(=O)C3CC3)coc2cc1C. The number of benzene rings is 1. The number of carbonyl (C=O) groups is 1. The fourth-order valence-electron chi connectivity index (χ4n) is 2.13. The van der Waals surface area contributed by atoms with E-state index in [9.17, 15) is 4.79 Å². The highest BCUT2D eigenvalue weighted by Gasteiger charge is 2.31. The van der Waals surface area contributed by atoms with Crippen LogP contribution in [0.4, 0.5) is 0 Å². The molecule has 0 spiro atoms. The molecule has 0 unspecified atom stereocenters. The van der Waals surface area contributed by atoms with E-state index < -0.39 is 0 Å². The molecular weight excluding hydrogens is 244 g/mol. The summed E-state index contributed by atoms with van der Waals surface area (Å²) in [6.45, 7) is 2.22. The number of methoxy groups -OCH3 is 1. The Morgan fingerprint density at radius 1 is 1.42 bits per heavy atom. The standard InChI is InChI=1S/C15H16O4/c1-9-5-14-12(6-13(9)17-2)11(7-18-14)8-19-15(16)10-3-4-10/h5-7,10H,3-4,8H2,1-2H3. The lowest BCUT2D eigenvalue weighted by atomic mass is 10.1. The maximum Gasteiger partial charge on any atom is 0.309 e. The lowest BCUT2D eigenvalue weighted by Gasteiger charge is -2.05. The number of hydrogen-bond donors (Lipinski definition) is 0. The molecule has 3 rings (SSSR count). The van der Waals surface area contributed by atoms with Gasteiger partial charge in [0.05, 0.1) is 19.3 Å². The van der Waals surface area contributed by atoms with Gasteiger partial charge in [-0.2, -0.15) is 0 Å². The third kappa shape index (κ3) is 2.30. The van der Waals surface area contributed by atoms with Crippen LogP contribution >= 0.6 is 0 Å². The van der Waals surface area contributed by atoms with Crippen LogP contribution in [-0.4, -0.2) is 13.1 Å². The summed E-state index contributed by atoms with van der Waals surface area (Å²) in [5.41, 5.74) is 2.68. The van der Waals surface area contributed by atoms with Gasteiger partial charge >= 0.3 is 5.97 Å². The van der Waals surface area contributed by atoms with Crippen LogP contribution in [0.5, 0.6) is 5.75 Å². The molecule has 2 aromatic rings. The van der Waals surface area contributed by atoms with Crippen molar-refractivity contribution in [3.05, 3.63) is 29.5 Å². The summed E-state index contributed by atoms with van der Waals surface area (Å²) in [6.07, 6.45) is 3.56. The highest BCUT2D eigenvalue weighted by atomic mass is 16.5. The maximum absolute atomic E-state index is 11.5. The zero-order chi connectivity index (χ0) is 13.4. The number of furan rings is 1. The first-order valence-electron chi connectivity index (χ1n) is 6.40. The van der Waals surface area contributed by atoms with Crippen LogP contribution in [0.3, 0.4) is 0 Å². The predicted molar refractivity (Wildman–Crippen MR) is 70.0 cm³/mol. The van der Waals surface area contributed by atoms with Gasteiger partial charge in [0.1, 0.15) is 17.9 Å². The van der Waals surface area contributed by atoms with Crippen molar-refractivity contribution in [2.24, 2.45) is 5.92 Å². The van der Waals surface area contributed by atoms with Crippen LogP contribution in [0.1, 0.15) is 24.0 Å². The molecule has 1 aromatic carbocycles. The number of esters is 1. The van der Waals surface area contributed by atoms with Gasteiger partial charge in [0.25, 0.3) is 0 Å². The fraction of sp³-hybridized carbons (Fsp3) is 0.400. The van der Waals surface area contributed by atoms with Crippen molar-refractivity contribution in [2.75, 3.05) is 7.11 Å². The molecule has 1 saturated carbocycles. The molecule has 0 bridgehead atoms. The first-order valence-corrected chi connectivity index (χ1v) is 6.40. The van der Waals surface area contributed by atoms with Gasteiger partial charge < -0.3 is 13.9 Å². The predicted octanol–water partition coefficient (Wildman–Crippen LogP) is 3.20. The van der Waals surface area contributed by atoms with E-state index in [-0.39, 0.29) is 18.5 Å². The lowest BCUT2D eigenvalue weighted by Crippen LogP contribution is -2.05. The molecule has 1 heterocycles. The highest BCUT2D eigenvalue weighted by molar-refractivity contribution is 5.84. The largest absolute Gasteiger partial charge is 0.496 e. The Morgan fingerprint density at radius 2 is 2.21 bits per heavy atom. The third-order valence-electron chi connectivity index (χ3n) is 3.45. The molecule has 1 aliphatic carbocycles. The van der Waals surface area contributed by atoms with Crippen molar-refractivity contribution < 1.29 is 18.7 Å². The van der Waals surface area contributed by atoms with E-state index >= 15 is 0 Å². The second kappa shape index (κ2) is 4.61. The number of ether oxygens (including phenoxy) is 2. The van der Waals surface area contributed by atoms with Gasteiger partial charge in [0, 0.05) is 10.9 Å². The van der Waals surface area contributed by atoms with Gasteiger partial charge in [-0.1, -0.05) is 0 Å². The number of carbonyl (C=O) groups excluding carboxylic acids is 1. The van der Waals surface area contributed by atoms with Crippen LogP contribution in [0.15, 0.2) is 22.8 Å². The molecule has 0 radical (unpaired) electrons. The van der Waals surface area contributed by atoms with Crippen LogP contribution in [0.2, 0.25) is 0 Å². The van der Waals surface area contributed by atoms with E-state index in [0.29, 0.717) is 0 Å². The number of hydrogen-bond acceptors (Lipinski definition) is 4. The number of fused-ring (bicyclic) bond motifs is 1. The molecule has 1 aromatic heterocycles. The van der Waals surface area contributed by atoms with Crippen molar-refractivity contribution in [3.63, 3.8) is 0 Å². The summed E-state index contributed by atoms with van der Waals surface area (Å²) < 4.78 is 16.1. The Kier molecular flexibility index (Phi) is 2.93. The summed E-state index contributed by atoms with van der Waals surface area (Å²) in [5.74, 6) is 0.826. The first kappa shape index (κ1) is 12.1. The summed E-state index contributed by atoms with van der Waals surface area (Å²) in [4.78, 5) is 11.5. The molecule has 4 heteroatoms. The van der Waals surface area contributed by atoms with E-state index in [2.05, 4.69) is 0 Å². The van der Waals surface area contributed by atoms with Crippen molar-refractivity contribution in [1.29, 1.82) is 0 Å². The molecule has 100 valence electrons. The third-order valence-corrected chi connectivity index (χ3v) is 3.45. The number of rotatable bonds is 4. The molecule has 19 heavy (non-hydrogen) atoms. The molecule has 0 atom stereocenters. The molecular formula is C15H16O4. The zero-order valence-electron chi connectivity index (χ0n) is 11.1. The topological polar surface area (TPSA) is 48.7 Å². The fourth-order valence-corrected chi connectivity index (χ4v) is 2.13. The second-order valence-electron chi connectivity index (χ2n) is 4.96. The van der Waals surface area contributed by atoms with Crippen molar-refractivity contribution >= 4 is 16.9 Å². The minimum absolute atomic E-state index is 0.103. The van der Waals surface area contributed by atoms with Crippen molar-refractivity contribution in [2.45, 2.75) is 26.4 Å². The van der Waals surface area contributed by atoms with Gasteiger partial charge in [0.2, 0.25) is 0 Å². The normalized spacial score (nSPS) is 14.6. The first-order chi connectivity index (χ1) is 9.19. The molecule has 1 fully saturated rings. The van der Waals surface area contributed by atoms with Crippen LogP contribution < -0.4 is 4.74 Å². The molecule has 1 aliphatic rings. The maximum atomic E-state index is 11.5. The average Bonchev–Trinajstić information content (AvgIpc) is 3.18. The van der Waals surface area contributed by atoms with E-state index in [1.807, 2.05) is 19.1 Å². The number of aryl methyl sites for hydroxylation is 1. The van der Waals surface area contributed by atoms with E-state index in [1.54, 1.807) is 13.4 Å². The van der Waals surface area contributed by atoms with Crippen LogP contribution in [0.25, 0.3) is 11.0 Å². The Hall–Kier alpha value is -1.97. The monoisotopic (exact) mass is 260 g/mol. The molecule has 0 amide bonds. The highest BCUT2D eigenvalue weighted by Crippen LogP contribution is 2.32. The summed E-state index contributed by atoms with van der Waals surface area (Å²) in [6, 6.07) is 3.86. The van der Waals surface area contributed by atoms with Crippen LogP contribution in [-0.2, 0) is 16.1 Å². The smallest absolute Gasteiger partial charge is 0.309 e. The van der Waals surface area contributed by atoms with E-state index in [1.165, 1.54) is 0 Å². The molecule has 0 N–H and O–H groups in total. The minimum Gasteiger partial charge on any atom is -0.496 e. The van der Waals surface area contributed by atoms with Crippen molar-refractivity contribution in [3.8, 4) is 5.75 Å². The average molecular weight is 260 g/mol. The van der Waals surface area contributed by atoms with Gasteiger partial charge in [-0.3, -0.25) is 4.79 Å². The van der Waals surface area contributed by atoms with Crippen molar-refractivity contribution in [1.82, 2.24) is 0 Å². The van der Waals surface area contributed by atoms with Gasteiger partial charge in [0.15, 0.2) is 0 Å². The Labute approximate surface area is 111 Å². The zero-order valence-corrected chi connectivity index (χ0v) is 11.1. The molecule has 4 nitrogen and oxygen atoms in total. The Bertz CT molecular complexity index is 622. The van der Waals surface area contributed by atoms with Crippen LogP contribution in [0, 0.1) is 12.8 Å². The van der Waals surface area contributed by atoms with Gasteiger partial charge in [-0.05, 0) is 37.5 Å². The molecule has 0 aliphatic heterocycles. The van der Waals surface area contributed by atoms with Gasteiger partial charge in [-0.15, -0.1) is 0 Å². The van der Waals surface area contributed by atoms with E-state index in [0.717, 1.165) is 40.7 Å². The summed E-state index contributed by atoms with van der Waals surface area (Å²) in [5, 5.41) is 0.936. The molecule has 0 saturated heterocycles. The van der Waals surface area contributed by atoms with E-state index in [4.69, 9.17) is 13.9 Å². The lowest BCUT2D eigenvalue weighted by molar-refractivity contribution is -0.146. The second-order valence-corrected chi connectivity index (χ2v) is 4.96. The van der Waals surface area contributed by atoms with Gasteiger partial charge in [-0.25, -0.2) is 0 Å².